The molecule has 8 nitrogen and oxygen atoms in total. The Balaban J connectivity index is 1.47. The van der Waals surface area contributed by atoms with Crippen molar-refractivity contribution in [2.75, 3.05) is 11.9 Å². The van der Waals surface area contributed by atoms with Gasteiger partial charge in [-0.1, -0.05) is 60.7 Å². The zero-order valence-electron chi connectivity index (χ0n) is 20.3. The number of carbonyl (C=O) groups excluding carboxylic acids is 2. The molecule has 3 rings (SSSR count). The van der Waals surface area contributed by atoms with Crippen LogP contribution in [-0.4, -0.2) is 40.5 Å². The number of unbranched alkanes of at least 4 members (excludes halogenated alkanes) is 1. The Morgan fingerprint density at radius 2 is 1.56 bits per heavy atom. The average Bonchev–Trinajstić information content (AvgIpc) is 2.89. The third-order valence-electron chi connectivity index (χ3n) is 5.69. The first-order chi connectivity index (χ1) is 17.4. The number of anilines is 1. The lowest BCUT2D eigenvalue weighted by atomic mass is 9.99. The van der Waals surface area contributed by atoms with E-state index in [0.717, 1.165) is 23.4 Å². The maximum absolute atomic E-state index is 12.7. The standard InChI is InChI=1S/C28H32N4O4/c1-20(31-26(33)12-6-8-18-30-25-11-5-7-17-29-25)28(36)32-24(19-27(34)35)23-15-13-22(14-16-23)21-9-3-2-4-10-21/h2-5,7,9-11,13-17,20,24H,6,8,12,18-19H2,1H3,(H,29,30)(H,31,33)(H,32,36)(H,34,35)/t20-,24?/m0/s1. The molecule has 36 heavy (non-hydrogen) atoms. The Morgan fingerprint density at radius 1 is 0.861 bits per heavy atom. The van der Waals surface area contributed by atoms with Crippen LogP contribution in [0.3, 0.4) is 0 Å². The molecule has 0 aliphatic carbocycles. The topological polar surface area (TPSA) is 120 Å². The second-order valence-electron chi connectivity index (χ2n) is 8.54. The molecule has 188 valence electrons. The van der Waals surface area contributed by atoms with E-state index in [1.807, 2.05) is 72.8 Å². The van der Waals surface area contributed by atoms with Crippen molar-refractivity contribution in [2.24, 2.45) is 0 Å². The van der Waals surface area contributed by atoms with E-state index in [4.69, 9.17) is 0 Å². The summed E-state index contributed by atoms with van der Waals surface area (Å²) in [6.45, 7) is 2.28. The van der Waals surface area contributed by atoms with Gasteiger partial charge in [-0.15, -0.1) is 0 Å². The van der Waals surface area contributed by atoms with Gasteiger partial charge < -0.3 is 21.1 Å². The highest BCUT2D eigenvalue weighted by atomic mass is 16.4. The summed E-state index contributed by atoms with van der Waals surface area (Å²) in [5.41, 5.74) is 2.73. The number of hydrogen-bond acceptors (Lipinski definition) is 5. The van der Waals surface area contributed by atoms with Gasteiger partial charge in [-0.05, 0) is 48.6 Å². The molecular formula is C28H32N4O4. The van der Waals surface area contributed by atoms with Crippen molar-refractivity contribution >= 4 is 23.6 Å². The van der Waals surface area contributed by atoms with E-state index in [9.17, 15) is 19.5 Å². The van der Waals surface area contributed by atoms with Crippen LogP contribution < -0.4 is 16.0 Å². The number of carboxylic acids is 1. The molecule has 0 aliphatic rings. The quantitative estimate of drug-likeness (QED) is 0.268. The van der Waals surface area contributed by atoms with Gasteiger partial charge >= 0.3 is 5.97 Å². The number of hydrogen-bond donors (Lipinski definition) is 4. The van der Waals surface area contributed by atoms with Crippen molar-refractivity contribution in [1.29, 1.82) is 0 Å². The van der Waals surface area contributed by atoms with Crippen LogP contribution in [-0.2, 0) is 14.4 Å². The van der Waals surface area contributed by atoms with Gasteiger partial charge in [0.2, 0.25) is 11.8 Å². The largest absolute Gasteiger partial charge is 0.481 e. The number of nitrogens with zero attached hydrogens (tertiary/aromatic N) is 1. The van der Waals surface area contributed by atoms with Gasteiger partial charge in [0.05, 0.1) is 12.5 Å². The van der Waals surface area contributed by atoms with Gasteiger partial charge in [-0.3, -0.25) is 14.4 Å². The lowest BCUT2D eigenvalue weighted by Gasteiger charge is -2.21. The fourth-order valence-electron chi connectivity index (χ4n) is 3.74. The highest BCUT2D eigenvalue weighted by molar-refractivity contribution is 5.87. The number of carboxylic acid groups (broad SMARTS) is 1. The minimum absolute atomic E-state index is 0.225. The summed E-state index contributed by atoms with van der Waals surface area (Å²) in [5, 5.41) is 18.0. The molecule has 0 saturated carbocycles. The van der Waals surface area contributed by atoms with Gasteiger partial charge in [0.1, 0.15) is 11.9 Å². The normalized spacial score (nSPS) is 12.2. The zero-order chi connectivity index (χ0) is 25.8. The van der Waals surface area contributed by atoms with E-state index in [2.05, 4.69) is 20.9 Å². The van der Waals surface area contributed by atoms with Gasteiger partial charge in [0.15, 0.2) is 0 Å². The molecule has 1 aromatic heterocycles. The molecule has 3 aromatic rings. The number of nitrogens with one attached hydrogen (secondary N) is 3. The van der Waals surface area contributed by atoms with Crippen molar-refractivity contribution in [2.45, 2.75) is 44.7 Å². The summed E-state index contributed by atoms with van der Waals surface area (Å²) in [6.07, 6.45) is 3.18. The number of rotatable bonds is 13. The average molecular weight is 489 g/mol. The Labute approximate surface area is 211 Å². The molecule has 0 radical (unpaired) electrons. The van der Waals surface area contributed by atoms with Crippen molar-refractivity contribution in [3.8, 4) is 11.1 Å². The van der Waals surface area contributed by atoms with Crippen molar-refractivity contribution in [1.82, 2.24) is 15.6 Å². The second kappa shape index (κ2) is 13.6. The Kier molecular flexibility index (Phi) is 10.00. The van der Waals surface area contributed by atoms with Gasteiger partial charge in [0, 0.05) is 19.2 Å². The van der Waals surface area contributed by atoms with Crippen molar-refractivity contribution in [3.63, 3.8) is 0 Å². The fraction of sp³-hybridized carbons (Fsp3) is 0.286. The van der Waals surface area contributed by atoms with E-state index in [0.29, 0.717) is 24.9 Å². The van der Waals surface area contributed by atoms with E-state index in [1.165, 1.54) is 0 Å². The monoisotopic (exact) mass is 488 g/mol. The molecule has 2 atom stereocenters. The molecule has 0 spiro atoms. The van der Waals surface area contributed by atoms with Crippen LogP contribution in [0.25, 0.3) is 11.1 Å². The number of benzene rings is 2. The molecule has 0 saturated heterocycles. The number of aliphatic carboxylic acids is 1. The third-order valence-corrected chi connectivity index (χ3v) is 5.69. The minimum atomic E-state index is -1.02. The molecule has 2 aromatic carbocycles. The summed E-state index contributed by atoms with van der Waals surface area (Å²) in [5.74, 6) is -0.891. The number of amides is 2. The minimum Gasteiger partial charge on any atom is -0.481 e. The number of aromatic nitrogens is 1. The smallest absolute Gasteiger partial charge is 0.305 e. The van der Waals surface area contributed by atoms with Crippen LogP contribution in [0.5, 0.6) is 0 Å². The van der Waals surface area contributed by atoms with Crippen molar-refractivity contribution < 1.29 is 19.5 Å². The van der Waals surface area contributed by atoms with E-state index >= 15 is 0 Å². The summed E-state index contributed by atoms with van der Waals surface area (Å²) in [7, 11) is 0. The third kappa shape index (κ3) is 8.54. The molecule has 4 N–H and O–H groups in total. The molecule has 2 amide bonds. The molecule has 1 unspecified atom stereocenters. The second-order valence-corrected chi connectivity index (χ2v) is 8.54. The SMILES string of the molecule is C[C@H](NC(=O)CCCCNc1ccccn1)C(=O)NC(CC(=O)O)c1ccc(-c2ccccc2)cc1. The lowest BCUT2D eigenvalue weighted by Crippen LogP contribution is -2.46. The number of carbonyl (C=O) groups is 3. The van der Waals surface area contributed by atoms with Gasteiger partial charge in [0.25, 0.3) is 0 Å². The maximum atomic E-state index is 12.7. The summed E-state index contributed by atoms with van der Waals surface area (Å²) in [6, 6.07) is 21.4. The van der Waals surface area contributed by atoms with E-state index in [1.54, 1.807) is 13.1 Å². The fourth-order valence-corrected chi connectivity index (χ4v) is 3.74. The van der Waals surface area contributed by atoms with Crippen LogP contribution in [0.15, 0.2) is 79.0 Å². The Morgan fingerprint density at radius 3 is 2.22 bits per heavy atom. The van der Waals surface area contributed by atoms with Crippen molar-refractivity contribution in [3.05, 3.63) is 84.6 Å². The lowest BCUT2D eigenvalue weighted by molar-refractivity contribution is -0.138. The van der Waals surface area contributed by atoms with Crippen LogP contribution in [0.1, 0.15) is 44.2 Å². The zero-order valence-corrected chi connectivity index (χ0v) is 20.3. The van der Waals surface area contributed by atoms with Crippen LogP contribution in [0, 0.1) is 0 Å². The molecular weight excluding hydrogens is 456 g/mol. The van der Waals surface area contributed by atoms with E-state index in [-0.39, 0.29) is 12.3 Å². The molecule has 8 heteroatoms. The first-order valence-electron chi connectivity index (χ1n) is 12.0. The van der Waals surface area contributed by atoms with Crippen LogP contribution in [0.2, 0.25) is 0 Å². The maximum Gasteiger partial charge on any atom is 0.305 e. The predicted octanol–water partition coefficient (Wildman–Crippen LogP) is 4.17. The summed E-state index contributed by atoms with van der Waals surface area (Å²) in [4.78, 5) is 40.6. The molecule has 0 bridgehead atoms. The highest BCUT2D eigenvalue weighted by Gasteiger charge is 2.22. The van der Waals surface area contributed by atoms with Crippen LogP contribution in [0.4, 0.5) is 5.82 Å². The Bertz CT molecular complexity index is 1120. The van der Waals surface area contributed by atoms with E-state index < -0.39 is 24.0 Å². The number of pyridine rings is 1. The molecule has 0 fully saturated rings. The molecule has 0 aliphatic heterocycles. The highest BCUT2D eigenvalue weighted by Crippen LogP contribution is 2.23. The Hall–Kier alpha value is -4.20. The summed E-state index contributed by atoms with van der Waals surface area (Å²) < 4.78 is 0. The first-order valence-corrected chi connectivity index (χ1v) is 12.0. The van der Waals surface area contributed by atoms with Gasteiger partial charge in [-0.2, -0.15) is 0 Å². The van der Waals surface area contributed by atoms with Gasteiger partial charge in [-0.25, -0.2) is 4.98 Å². The first kappa shape index (κ1) is 26.4. The molecule has 1 heterocycles. The summed E-state index contributed by atoms with van der Waals surface area (Å²) >= 11 is 0. The van der Waals surface area contributed by atoms with Crippen LogP contribution >= 0.6 is 0 Å². The predicted molar refractivity (Wildman–Crippen MR) is 139 cm³/mol.